The van der Waals surface area contributed by atoms with Gasteiger partial charge in [-0.3, -0.25) is 0 Å². The molecule has 0 amide bonds. The number of aryl methyl sites for hydroxylation is 2. The van der Waals surface area contributed by atoms with Gasteiger partial charge in [-0.25, -0.2) is 4.79 Å². The average molecular weight is 317 g/mol. The third-order valence-electron chi connectivity index (χ3n) is 3.45. The SMILES string of the molecule is Cc1ccc(C2OC(=O)c3cc(Br)ccc32)c(C)c1. The second-order valence-corrected chi connectivity index (χ2v) is 5.79. The zero-order valence-electron chi connectivity index (χ0n) is 10.7. The lowest BCUT2D eigenvalue weighted by molar-refractivity contribution is 0.0455. The topological polar surface area (TPSA) is 26.3 Å². The van der Waals surface area contributed by atoms with Crippen LogP contribution in [0.4, 0.5) is 0 Å². The Balaban J connectivity index is 2.12. The van der Waals surface area contributed by atoms with Gasteiger partial charge in [-0.05, 0) is 37.1 Å². The molecule has 2 aromatic carbocycles. The van der Waals surface area contributed by atoms with Crippen LogP contribution in [0.2, 0.25) is 0 Å². The third kappa shape index (κ3) is 2.08. The van der Waals surface area contributed by atoms with E-state index in [1.54, 1.807) is 0 Å². The van der Waals surface area contributed by atoms with Gasteiger partial charge in [-0.1, -0.05) is 45.8 Å². The lowest BCUT2D eigenvalue weighted by atomic mass is 9.95. The maximum absolute atomic E-state index is 11.9. The maximum atomic E-state index is 11.9. The summed E-state index contributed by atoms with van der Waals surface area (Å²) < 4.78 is 6.43. The highest BCUT2D eigenvalue weighted by molar-refractivity contribution is 9.10. The van der Waals surface area contributed by atoms with E-state index in [4.69, 9.17) is 4.74 Å². The lowest BCUT2D eigenvalue weighted by Crippen LogP contribution is -2.03. The Labute approximate surface area is 120 Å². The van der Waals surface area contributed by atoms with E-state index in [-0.39, 0.29) is 12.1 Å². The normalized spacial score (nSPS) is 17.2. The van der Waals surface area contributed by atoms with Crippen molar-refractivity contribution in [1.82, 2.24) is 0 Å². The van der Waals surface area contributed by atoms with Crippen molar-refractivity contribution in [3.8, 4) is 0 Å². The minimum absolute atomic E-state index is 0.249. The highest BCUT2D eigenvalue weighted by atomic mass is 79.9. The fourth-order valence-corrected chi connectivity index (χ4v) is 2.88. The summed E-state index contributed by atoms with van der Waals surface area (Å²) in [5.41, 5.74) is 5.01. The molecular weight excluding hydrogens is 304 g/mol. The average Bonchev–Trinajstić information content (AvgIpc) is 2.66. The molecule has 1 unspecified atom stereocenters. The number of hydrogen-bond donors (Lipinski definition) is 0. The second kappa shape index (κ2) is 4.49. The van der Waals surface area contributed by atoms with Crippen molar-refractivity contribution in [2.75, 3.05) is 0 Å². The van der Waals surface area contributed by atoms with Gasteiger partial charge in [-0.2, -0.15) is 0 Å². The van der Waals surface area contributed by atoms with Gasteiger partial charge in [-0.15, -0.1) is 0 Å². The second-order valence-electron chi connectivity index (χ2n) is 4.88. The maximum Gasteiger partial charge on any atom is 0.339 e. The van der Waals surface area contributed by atoms with Gasteiger partial charge in [0, 0.05) is 10.0 Å². The molecule has 19 heavy (non-hydrogen) atoms. The van der Waals surface area contributed by atoms with Crippen LogP contribution in [-0.4, -0.2) is 5.97 Å². The van der Waals surface area contributed by atoms with E-state index in [9.17, 15) is 4.79 Å². The van der Waals surface area contributed by atoms with E-state index in [0.717, 1.165) is 21.2 Å². The first-order valence-corrected chi connectivity index (χ1v) is 6.93. The number of esters is 1. The summed E-state index contributed by atoms with van der Waals surface area (Å²) in [5, 5.41) is 0. The molecule has 2 aromatic rings. The zero-order chi connectivity index (χ0) is 13.6. The smallest absolute Gasteiger partial charge is 0.339 e. The Morgan fingerprint density at radius 3 is 2.53 bits per heavy atom. The standard InChI is InChI=1S/C16H13BrO2/c1-9-3-5-12(10(2)7-9)15-13-6-4-11(17)8-14(13)16(18)19-15/h3-8,15H,1-2H3. The molecule has 0 aromatic heterocycles. The van der Waals surface area contributed by atoms with Crippen LogP contribution in [0, 0.1) is 13.8 Å². The van der Waals surface area contributed by atoms with Gasteiger partial charge in [0.25, 0.3) is 0 Å². The zero-order valence-corrected chi connectivity index (χ0v) is 12.3. The molecule has 96 valence electrons. The van der Waals surface area contributed by atoms with Gasteiger partial charge < -0.3 is 4.74 Å². The van der Waals surface area contributed by atoms with E-state index in [0.29, 0.717) is 5.56 Å². The van der Waals surface area contributed by atoms with Gasteiger partial charge in [0.1, 0.15) is 0 Å². The Kier molecular flexibility index (Phi) is 2.94. The van der Waals surface area contributed by atoms with Crippen molar-refractivity contribution in [1.29, 1.82) is 0 Å². The first-order chi connectivity index (χ1) is 9.06. The fourth-order valence-electron chi connectivity index (χ4n) is 2.52. The monoisotopic (exact) mass is 316 g/mol. The third-order valence-corrected chi connectivity index (χ3v) is 3.94. The summed E-state index contributed by atoms with van der Waals surface area (Å²) in [4.78, 5) is 11.9. The molecule has 0 radical (unpaired) electrons. The van der Waals surface area contributed by atoms with E-state index in [1.165, 1.54) is 5.56 Å². The quantitative estimate of drug-likeness (QED) is 0.732. The predicted octanol–water partition coefficient (Wildman–Crippen LogP) is 4.33. The van der Waals surface area contributed by atoms with Crippen molar-refractivity contribution in [3.05, 3.63) is 68.7 Å². The van der Waals surface area contributed by atoms with Crippen molar-refractivity contribution in [2.45, 2.75) is 20.0 Å². The minimum Gasteiger partial charge on any atom is -0.449 e. The molecule has 0 saturated heterocycles. The van der Waals surface area contributed by atoms with Crippen molar-refractivity contribution < 1.29 is 9.53 Å². The van der Waals surface area contributed by atoms with Crippen LogP contribution in [0.3, 0.4) is 0 Å². The Morgan fingerprint density at radius 1 is 1.05 bits per heavy atom. The first-order valence-electron chi connectivity index (χ1n) is 6.14. The van der Waals surface area contributed by atoms with E-state index >= 15 is 0 Å². The Morgan fingerprint density at radius 2 is 1.79 bits per heavy atom. The molecule has 0 fully saturated rings. The molecule has 3 heteroatoms. The number of carbonyl (C=O) groups is 1. The molecule has 0 spiro atoms. The molecule has 1 heterocycles. The number of benzene rings is 2. The number of hydrogen-bond acceptors (Lipinski definition) is 2. The van der Waals surface area contributed by atoms with Crippen LogP contribution in [0.25, 0.3) is 0 Å². The Bertz CT molecular complexity index is 676. The first kappa shape index (κ1) is 12.4. The minimum atomic E-state index is -0.281. The molecule has 1 aliphatic heterocycles. The molecule has 0 N–H and O–H groups in total. The highest BCUT2D eigenvalue weighted by Gasteiger charge is 2.32. The van der Waals surface area contributed by atoms with E-state index in [2.05, 4.69) is 28.9 Å². The summed E-state index contributed by atoms with van der Waals surface area (Å²) in [7, 11) is 0. The summed E-state index contributed by atoms with van der Waals surface area (Å²) in [6, 6.07) is 11.9. The van der Waals surface area contributed by atoms with Gasteiger partial charge in [0.15, 0.2) is 6.10 Å². The van der Waals surface area contributed by atoms with Crippen LogP contribution in [-0.2, 0) is 4.74 Å². The number of halogens is 1. The number of ether oxygens (including phenoxy) is 1. The van der Waals surface area contributed by atoms with Crippen molar-refractivity contribution >= 4 is 21.9 Å². The molecule has 0 aliphatic carbocycles. The van der Waals surface area contributed by atoms with Gasteiger partial charge >= 0.3 is 5.97 Å². The molecule has 2 nitrogen and oxygen atoms in total. The highest BCUT2D eigenvalue weighted by Crippen LogP contribution is 2.38. The van der Waals surface area contributed by atoms with Crippen LogP contribution in [0.1, 0.15) is 38.7 Å². The molecule has 1 aliphatic rings. The van der Waals surface area contributed by atoms with Crippen molar-refractivity contribution in [2.24, 2.45) is 0 Å². The Hall–Kier alpha value is -1.61. The molecule has 0 saturated carbocycles. The molecule has 3 rings (SSSR count). The van der Waals surface area contributed by atoms with Crippen molar-refractivity contribution in [3.63, 3.8) is 0 Å². The molecule has 1 atom stereocenters. The predicted molar refractivity (Wildman–Crippen MR) is 77.3 cm³/mol. The molecule has 0 bridgehead atoms. The van der Waals surface area contributed by atoms with Crippen LogP contribution in [0.15, 0.2) is 40.9 Å². The van der Waals surface area contributed by atoms with E-state index < -0.39 is 0 Å². The summed E-state index contributed by atoms with van der Waals surface area (Å²) >= 11 is 3.38. The number of carbonyl (C=O) groups excluding carboxylic acids is 1. The van der Waals surface area contributed by atoms with E-state index in [1.807, 2.05) is 37.3 Å². The molecular formula is C16H13BrO2. The lowest BCUT2D eigenvalue weighted by Gasteiger charge is -2.14. The fraction of sp³-hybridized carbons (Fsp3) is 0.188. The van der Waals surface area contributed by atoms with Crippen LogP contribution < -0.4 is 0 Å². The van der Waals surface area contributed by atoms with Gasteiger partial charge in [0.05, 0.1) is 5.56 Å². The van der Waals surface area contributed by atoms with Gasteiger partial charge in [0.2, 0.25) is 0 Å². The largest absolute Gasteiger partial charge is 0.449 e. The van der Waals surface area contributed by atoms with Crippen LogP contribution in [0.5, 0.6) is 0 Å². The number of rotatable bonds is 1. The number of fused-ring (bicyclic) bond motifs is 1. The number of cyclic esters (lactones) is 1. The summed E-state index contributed by atoms with van der Waals surface area (Å²) in [6.45, 7) is 4.11. The summed E-state index contributed by atoms with van der Waals surface area (Å²) in [5.74, 6) is -0.249. The van der Waals surface area contributed by atoms with Crippen LogP contribution >= 0.6 is 15.9 Å². The summed E-state index contributed by atoms with van der Waals surface area (Å²) in [6.07, 6.45) is -0.281.